The molecule has 0 saturated carbocycles. The molecule has 0 unspecified atom stereocenters. The third-order valence-electron chi connectivity index (χ3n) is 2.29. The fraction of sp³-hybridized carbons (Fsp3) is 0.385. The van der Waals surface area contributed by atoms with Crippen LogP contribution >= 0.6 is 19.4 Å². The highest BCUT2D eigenvalue weighted by molar-refractivity contribution is 8.09. The number of rotatable bonds is 7. The second-order valence-electron chi connectivity index (χ2n) is 3.56. The number of thioether (sulfide) groups is 1. The van der Waals surface area contributed by atoms with Crippen molar-refractivity contribution in [3.63, 3.8) is 0 Å². The van der Waals surface area contributed by atoms with Gasteiger partial charge in [0.05, 0.1) is 13.2 Å². The summed E-state index contributed by atoms with van der Waals surface area (Å²) in [5.74, 6) is -0.0571. The van der Waals surface area contributed by atoms with Gasteiger partial charge in [-0.1, -0.05) is 30.3 Å². The van der Waals surface area contributed by atoms with E-state index in [-0.39, 0.29) is 23.6 Å². The molecule has 0 aliphatic heterocycles. The van der Waals surface area contributed by atoms with Gasteiger partial charge in [0.15, 0.2) is 0 Å². The molecule has 0 atom stereocenters. The zero-order chi connectivity index (χ0) is 14.3. The lowest BCUT2D eigenvalue weighted by Gasteiger charge is -2.19. The number of benzene rings is 1. The maximum absolute atomic E-state index is 12.7. The van der Waals surface area contributed by atoms with E-state index in [2.05, 4.69) is 0 Å². The summed E-state index contributed by atoms with van der Waals surface area (Å²) in [5.41, 5.74) is 0.589. The lowest BCUT2D eigenvalue weighted by Crippen LogP contribution is -1.99. The Morgan fingerprint density at radius 1 is 1.21 bits per heavy atom. The average molecular weight is 302 g/mol. The van der Waals surface area contributed by atoms with Crippen molar-refractivity contribution in [3.05, 3.63) is 40.5 Å². The van der Waals surface area contributed by atoms with Gasteiger partial charge in [-0.25, -0.2) is 0 Å². The first-order chi connectivity index (χ1) is 9.09. The van der Waals surface area contributed by atoms with E-state index in [1.807, 2.05) is 6.07 Å². The molecule has 4 nitrogen and oxygen atoms in total. The number of aliphatic hydroxyl groups is 1. The van der Waals surface area contributed by atoms with Gasteiger partial charge in [0.2, 0.25) is 0 Å². The summed E-state index contributed by atoms with van der Waals surface area (Å²) < 4.78 is 23.4. The molecule has 0 fully saturated rings. The lowest BCUT2D eigenvalue weighted by molar-refractivity contribution is 0.228. The first kappa shape index (κ1) is 16.3. The fourth-order valence-electron chi connectivity index (χ4n) is 1.55. The molecule has 0 aromatic heterocycles. The van der Waals surface area contributed by atoms with Gasteiger partial charge in [-0.2, -0.15) is 0 Å². The summed E-state index contributed by atoms with van der Waals surface area (Å²) in [6.45, 7) is 3.99. The number of hydrogen-bond donors (Lipinski definition) is 1. The van der Waals surface area contributed by atoms with Gasteiger partial charge in [-0.3, -0.25) is 4.57 Å². The summed E-state index contributed by atoms with van der Waals surface area (Å²) in [5, 5.41) is 10.3. The minimum absolute atomic E-state index is 0.0571. The topological polar surface area (TPSA) is 55.8 Å². The molecule has 1 aromatic carbocycles. The molecule has 0 radical (unpaired) electrons. The molecule has 0 bridgehead atoms. The van der Waals surface area contributed by atoms with E-state index in [4.69, 9.17) is 9.05 Å². The van der Waals surface area contributed by atoms with E-state index in [1.165, 1.54) is 11.8 Å². The van der Waals surface area contributed by atoms with Gasteiger partial charge in [0.1, 0.15) is 10.4 Å². The highest BCUT2D eigenvalue weighted by Crippen LogP contribution is 2.61. The lowest BCUT2D eigenvalue weighted by atomic mass is 10.2. The Morgan fingerprint density at radius 3 is 2.16 bits per heavy atom. The SMILES string of the molecule is CCOP(=O)(OCC)/C(SC)=C(\O)c1ccccc1. The van der Waals surface area contributed by atoms with E-state index < -0.39 is 7.60 Å². The molecular weight excluding hydrogens is 283 g/mol. The summed E-state index contributed by atoms with van der Waals surface area (Å²) in [7, 11) is -3.46. The minimum atomic E-state index is -3.46. The van der Waals surface area contributed by atoms with E-state index in [0.29, 0.717) is 5.56 Å². The largest absolute Gasteiger partial charge is 0.506 e. The normalized spacial score (nSPS) is 13.2. The predicted molar refractivity (Wildman–Crippen MR) is 80.4 cm³/mol. The Hall–Kier alpha value is -0.740. The molecule has 1 rings (SSSR count). The Morgan fingerprint density at radius 2 is 1.74 bits per heavy atom. The molecule has 0 saturated heterocycles. The minimum Gasteiger partial charge on any atom is -0.506 e. The standard InChI is InChI=1S/C13H19O4PS/c1-4-16-18(15,17-5-2)13(19-3)12(14)11-9-7-6-8-10-11/h6-10,14H,4-5H2,1-3H3/b13-12+. The molecular formula is C13H19O4PS. The van der Waals surface area contributed by atoms with Crippen LogP contribution in [0.15, 0.2) is 35.0 Å². The van der Waals surface area contributed by atoms with Gasteiger partial charge in [-0.15, -0.1) is 11.8 Å². The van der Waals surface area contributed by atoms with Crippen molar-refractivity contribution >= 4 is 25.1 Å². The zero-order valence-electron chi connectivity index (χ0n) is 11.3. The molecule has 1 aromatic rings. The Kier molecular flexibility index (Phi) is 6.66. The average Bonchev–Trinajstić information content (AvgIpc) is 2.40. The first-order valence-corrected chi connectivity index (χ1v) is 8.78. The van der Waals surface area contributed by atoms with E-state index in [9.17, 15) is 9.67 Å². The van der Waals surface area contributed by atoms with Crippen LogP contribution in [-0.4, -0.2) is 24.6 Å². The van der Waals surface area contributed by atoms with Crippen LogP contribution in [0.3, 0.4) is 0 Å². The molecule has 6 heteroatoms. The quantitative estimate of drug-likeness (QED) is 0.593. The van der Waals surface area contributed by atoms with Crippen molar-refractivity contribution in [3.8, 4) is 0 Å². The summed E-state index contributed by atoms with van der Waals surface area (Å²) in [4.78, 5) is 0. The van der Waals surface area contributed by atoms with Crippen LogP contribution in [-0.2, 0) is 13.6 Å². The van der Waals surface area contributed by atoms with Crippen LogP contribution in [0.2, 0.25) is 0 Å². The smallest absolute Gasteiger partial charge is 0.371 e. The number of aliphatic hydroxyl groups excluding tert-OH is 1. The zero-order valence-corrected chi connectivity index (χ0v) is 13.0. The van der Waals surface area contributed by atoms with Crippen LogP contribution in [0, 0.1) is 0 Å². The molecule has 0 heterocycles. The third-order valence-corrected chi connectivity index (χ3v) is 5.99. The monoisotopic (exact) mass is 302 g/mol. The molecule has 0 aliphatic carbocycles. The van der Waals surface area contributed by atoms with Crippen LogP contribution in [0.1, 0.15) is 19.4 Å². The maximum Gasteiger partial charge on any atom is 0.371 e. The molecule has 1 N–H and O–H groups in total. The Labute approximate surface area is 118 Å². The van der Waals surface area contributed by atoms with Crippen molar-refractivity contribution < 1.29 is 18.7 Å². The van der Waals surface area contributed by atoms with Crippen molar-refractivity contribution in [1.29, 1.82) is 0 Å². The van der Waals surface area contributed by atoms with Gasteiger partial charge in [-0.05, 0) is 20.1 Å². The van der Waals surface area contributed by atoms with Crippen LogP contribution in [0.25, 0.3) is 5.76 Å². The Balaban J connectivity index is 3.26. The van der Waals surface area contributed by atoms with Crippen molar-refractivity contribution in [2.75, 3.05) is 19.5 Å². The predicted octanol–water partition coefficient (Wildman–Crippen LogP) is 4.50. The molecule has 0 aliphatic rings. The van der Waals surface area contributed by atoms with Gasteiger partial charge in [0.25, 0.3) is 0 Å². The maximum atomic E-state index is 12.7. The van der Waals surface area contributed by atoms with Crippen molar-refractivity contribution in [2.45, 2.75) is 13.8 Å². The third kappa shape index (κ3) is 4.11. The second kappa shape index (κ2) is 7.75. The Bertz CT molecular complexity index is 463. The molecule has 0 spiro atoms. The summed E-state index contributed by atoms with van der Waals surface area (Å²) >= 11 is 1.18. The van der Waals surface area contributed by atoms with Crippen molar-refractivity contribution in [1.82, 2.24) is 0 Å². The second-order valence-corrected chi connectivity index (χ2v) is 6.63. The summed E-state index contributed by atoms with van der Waals surface area (Å²) in [6.07, 6.45) is 1.74. The van der Waals surface area contributed by atoms with E-state index >= 15 is 0 Å². The number of hydrogen-bond acceptors (Lipinski definition) is 5. The highest BCUT2D eigenvalue weighted by Gasteiger charge is 2.33. The van der Waals surface area contributed by atoms with Gasteiger partial charge < -0.3 is 14.2 Å². The molecule has 0 amide bonds. The van der Waals surface area contributed by atoms with Gasteiger partial charge >= 0.3 is 7.60 Å². The molecule has 19 heavy (non-hydrogen) atoms. The van der Waals surface area contributed by atoms with E-state index in [1.54, 1.807) is 44.4 Å². The highest BCUT2D eigenvalue weighted by atomic mass is 32.2. The van der Waals surface area contributed by atoms with Crippen LogP contribution in [0.4, 0.5) is 0 Å². The summed E-state index contributed by atoms with van der Waals surface area (Å²) in [6, 6.07) is 8.94. The van der Waals surface area contributed by atoms with Crippen molar-refractivity contribution in [2.24, 2.45) is 0 Å². The first-order valence-electron chi connectivity index (χ1n) is 6.01. The molecule has 106 valence electrons. The van der Waals surface area contributed by atoms with Gasteiger partial charge in [0, 0.05) is 5.56 Å². The van der Waals surface area contributed by atoms with Crippen LogP contribution in [0.5, 0.6) is 0 Å². The van der Waals surface area contributed by atoms with E-state index in [0.717, 1.165) is 0 Å². The van der Waals surface area contributed by atoms with Crippen LogP contribution < -0.4 is 0 Å². The fourth-order valence-corrected chi connectivity index (χ4v) is 4.45.